The van der Waals surface area contributed by atoms with Gasteiger partial charge in [-0.25, -0.2) is 8.42 Å². The van der Waals surface area contributed by atoms with Crippen LogP contribution in [0, 0.1) is 6.92 Å². The quantitative estimate of drug-likeness (QED) is 0.819. The van der Waals surface area contributed by atoms with Crippen LogP contribution in [0.25, 0.3) is 0 Å². The third-order valence-corrected chi connectivity index (χ3v) is 6.48. The Balaban J connectivity index is 1.89. The van der Waals surface area contributed by atoms with E-state index in [0.717, 1.165) is 11.1 Å². The van der Waals surface area contributed by atoms with E-state index in [-0.39, 0.29) is 23.5 Å². The summed E-state index contributed by atoms with van der Waals surface area (Å²) in [6.45, 7) is 2.39. The Morgan fingerprint density at radius 2 is 1.76 bits per heavy atom. The van der Waals surface area contributed by atoms with E-state index in [9.17, 15) is 13.2 Å². The first-order valence-electron chi connectivity index (χ1n) is 8.16. The molecule has 1 amide bonds. The number of carbonyl (C=O) groups is 1. The number of carbonyl (C=O) groups excluding carboxylic acids is 1. The summed E-state index contributed by atoms with van der Waals surface area (Å²) in [4.78, 5) is 14.7. The Labute approximate surface area is 153 Å². The average molecular weight is 378 g/mol. The first-order valence-corrected chi connectivity index (χ1v) is 10.4. The average Bonchev–Trinajstić information content (AvgIpc) is 2.94. The highest BCUT2D eigenvalue weighted by atomic mass is 35.5. The maximum absolute atomic E-state index is 13.0. The molecule has 1 atom stereocenters. The summed E-state index contributed by atoms with van der Waals surface area (Å²) in [5.74, 6) is -0.00641. The monoisotopic (exact) mass is 377 g/mol. The maximum atomic E-state index is 13.0. The van der Waals surface area contributed by atoms with Crippen molar-refractivity contribution in [2.24, 2.45) is 0 Å². The van der Waals surface area contributed by atoms with Crippen molar-refractivity contribution >= 4 is 27.3 Å². The molecular formula is C19H20ClNO3S. The summed E-state index contributed by atoms with van der Waals surface area (Å²) >= 11 is 5.90. The summed E-state index contributed by atoms with van der Waals surface area (Å²) in [5, 5.41) is 0.560. The van der Waals surface area contributed by atoms with Crippen molar-refractivity contribution in [3.8, 4) is 0 Å². The molecule has 6 heteroatoms. The summed E-state index contributed by atoms with van der Waals surface area (Å²) in [6, 6.07) is 14.3. The van der Waals surface area contributed by atoms with Gasteiger partial charge in [-0.2, -0.15) is 0 Å². The van der Waals surface area contributed by atoms with Crippen LogP contribution in [0.2, 0.25) is 5.02 Å². The van der Waals surface area contributed by atoms with Crippen LogP contribution in [-0.4, -0.2) is 36.8 Å². The minimum absolute atomic E-state index is 0.0260. The van der Waals surface area contributed by atoms with Gasteiger partial charge in [0, 0.05) is 23.2 Å². The molecule has 1 unspecified atom stereocenters. The van der Waals surface area contributed by atoms with Crippen molar-refractivity contribution in [1.82, 2.24) is 4.90 Å². The van der Waals surface area contributed by atoms with E-state index >= 15 is 0 Å². The first kappa shape index (κ1) is 18.0. The second-order valence-corrected chi connectivity index (χ2v) is 9.15. The van der Waals surface area contributed by atoms with Crippen LogP contribution in [0.4, 0.5) is 0 Å². The van der Waals surface area contributed by atoms with Gasteiger partial charge in [0.15, 0.2) is 9.84 Å². The van der Waals surface area contributed by atoms with Gasteiger partial charge in [0.2, 0.25) is 0 Å². The van der Waals surface area contributed by atoms with E-state index in [2.05, 4.69) is 0 Å². The van der Waals surface area contributed by atoms with Crippen molar-refractivity contribution in [2.45, 2.75) is 25.9 Å². The third kappa shape index (κ3) is 4.41. The van der Waals surface area contributed by atoms with E-state index in [1.165, 1.54) is 0 Å². The fraction of sp³-hybridized carbons (Fsp3) is 0.316. The SMILES string of the molecule is Cc1ccc(CN(C(=O)c2ccc(Cl)cc2)C2CCS(=O)(=O)C2)cc1. The Morgan fingerprint density at radius 3 is 2.32 bits per heavy atom. The molecule has 2 aromatic carbocycles. The molecule has 3 rings (SSSR count). The normalized spacial score (nSPS) is 18.9. The van der Waals surface area contributed by atoms with Gasteiger partial charge in [0.25, 0.3) is 5.91 Å². The zero-order valence-corrected chi connectivity index (χ0v) is 15.6. The van der Waals surface area contributed by atoms with E-state index in [4.69, 9.17) is 11.6 Å². The van der Waals surface area contributed by atoms with Gasteiger partial charge >= 0.3 is 0 Å². The Kier molecular flexibility index (Phi) is 5.16. The molecule has 2 aromatic rings. The van der Waals surface area contributed by atoms with Crippen molar-refractivity contribution < 1.29 is 13.2 Å². The minimum atomic E-state index is -3.08. The number of rotatable bonds is 4. The molecule has 25 heavy (non-hydrogen) atoms. The number of hydrogen-bond donors (Lipinski definition) is 0. The van der Waals surface area contributed by atoms with Gasteiger partial charge in [0.1, 0.15) is 0 Å². The van der Waals surface area contributed by atoms with Crippen LogP contribution in [0.1, 0.15) is 27.9 Å². The fourth-order valence-electron chi connectivity index (χ4n) is 3.04. The van der Waals surface area contributed by atoms with Crippen molar-refractivity contribution in [2.75, 3.05) is 11.5 Å². The molecule has 0 N–H and O–H groups in total. The molecule has 0 spiro atoms. The number of sulfone groups is 1. The van der Waals surface area contributed by atoms with Gasteiger partial charge in [-0.1, -0.05) is 41.4 Å². The van der Waals surface area contributed by atoms with Gasteiger partial charge in [-0.05, 0) is 43.2 Å². The van der Waals surface area contributed by atoms with Crippen LogP contribution >= 0.6 is 11.6 Å². The van der Waals surface area contributed by atoms with Gasteiger partial charge in [0.05, 0.1) is 11.5 Å². The minimum Gasteiger partial charge on any atom is -0.330 e. The molecule has 1 aliphatic heterocycles. The van der Waals surface area contributed by atoms with E-state index < -0.39 is 9.84 Å². The molecule has 0 aliphatic carbocycles. The molecule has 4 nitrogen and oxygen atoms in total. The second-order valence-electron chi connectivity index (χ2n) is 6.48. The van der Waals surface area contributed by atoms with E-state index in [0.29, 0.717) is 23.6 Å². The van der Waals surface area contributed by atoms with Gasteiger partial charge < -0.3 is 4.90 Å². The van der Waals surface area contributed by atoms with Gasteiger partial charge in [-0.15, -0.1) is 0 Å². The van der Waals surface area contributed by atoms with Crippen LogP contribution in [-0.2, 0) is 16.4 Å². The predicted molar refractivity (Wildman–Crippen MR) is 99.6 cm³/mol. The topological polar surface area (TPSA) is 54.5 Å². The van der Waals surface area contributed by atoms with Crippen LogP contribution in [0.15, 0.2) is 48.5 Å². The molecule has 0 aromatic heterocycles. The second kappa shape index (κ2) is 7.18. The third-order valence-electron chi connectivity index (χ3n) is 4.47. The number of hydrogen-bond acceptors (Lipinski definition) is 3. The summed E-state index contributed by atoms with van der Waals surface area (Å²) < 4.78 is 23.8. The maximum Gasteiger partial charge on any atom is 0.254 e. The molecule has 1 heterocycles. The smallest absolute Gasteiger partial charge is 0.254 e. The molecule has 1 aliphatic rings. The Morgan fingerprint density at radius 1 is 1.12 bits per heavy atom. The predicted octanol–water partition coefficient (Wildman–Crippen LogP) is 3.48. The number of amides is 1. The zero-order chi connectivity index (χ0) is 18.0. The summed E-state index contributed by atoms with van der Waals surface area (Å²) in [6.07, 6.45) is 0.480. The highest BCUT2D eigenvalue weighted by molar-refractivity contribution is 7.91. The van der Waals surface area contributed by atoms with Crippen molar-refractivity contribution in [3.63, 3.8) is 0 Å². The molecule has 1 saturated heterocycles. The van der Waals surface area contributed by atoms with Crippen LogP contribution in [0.5, 0.6) is 0 Å². The molecule has 0 radical (unpaired) electrons. The Hall–Kier alpha value is -1.85. The lowest BCUT2D eigenvalue weighted by Gasteiger charge is -2.28. The van der Waals surface area contributed by atoms with Crippen LogP contribution in [0.3, 0.4) is 0 Å². The molecular weight excluding hydrogens is 358 g/mol. The molecule has 0 saturated carbocycles. The largest absolute Gasteiger partial charge is 0.330 e. The number of aryl methyl sites for hydroxylation is 1. The summed E-state index contributed by atoms with van der Waals surface area (Å²) in [7, 11) is -3.08. The zero-order valence-electron chi connectivity index (χ0n) is 14.0. The highest BCUT2D eigenvalue weighted by Gasteiger charge is 2.35. The summed E-state index contributed by atoms with van der Waals surface area (Å²) in [5.41, 5.74) is 2.64. The van der Waals surface area contributed by atoms with Crippen molar-refractivity contribution in [1.29, 1.82) is 0 Å². The molecule has 1 fully saturated rings. The lowest BCUT2D eigenvalue weighted by molar-refractivity contribution is 0.0681. The van der Waals surface area contributed by atoms with Crippen molar-refractivity contribution in [3.05, 3.63) is 70.2 Å². The Bertz CT molecular complexity index is 861. The van der Waals surface area contributed by atoms with Gasteiger partial charge in [-0.3, -0.25) is 4.79 Å². The van der Waals surface area contributed by atoms with E-state index in [1.807, 2.05) is 31.2 Å². The first-order chi connectivity index (χ1) is 11.8. The molecule has 132 valence electrons. The lowest BCUT2D eigenvalue weighted by atomic mass is 10.1. The number of nitrogens with zero attached hydrogens (tertiary/aromatic N) is 1. The fourth-order valence-corrected chi connectivity index (χ4v) is 4.89. The number of benzene rings is 2. The van der Waals surface area contributed by atoms with Crippen LogP contribution < -0.4 is 0 Å². The van der Waals surface area contributed by atoms with E-state index in [1.54, 1.807) is 29.2 Å². The molecule has 0 bridgehead atoms. The lowest BCUT2D eigenvalue weighted by Crippen LogP contribution is -2.40. The number of halogens is 1. The highest BCUT2D eigenvalue weighted by Crippen LogP contribution is 2.23. The standard InChI is InChI=1S/C19H20ClNO3S/c1-14-2-4-15(5-3-14)12-21(18-10-11-25(23,24)13-18)19(22)16-6-8-17(20)9-7-16/h2-9,18H,10-13H2,1H3.